The van der Waals surface area contributed by atoms with Crippen molar-refractivity contribution in [1.82, 2.24) is 15.2 Å². The van der Waals surface area contributed by atoms with Gasteiger partial charge in [-0.15, -0.1) is 0 Å². The van der Waals surface area contributed by atoms with Crippen molar-refractivity contribution in [1.29, 1.82) is 0 Å². The van der Waals surface area contributed by atoms with E-state index in [0.717, 1.165) is 23.6 Å². The molecule has 2 aromatic rings. The van der Waals surface area contributed by atoms with Crippen molar-refractivity contribution in [3.05, 3.63) is 54.4 Å². The lowest BCUT2D eigenvalue weighted by molar-refractivity contribution is 0.0291. The molecule has 0 radical (unpaired) electrons. The van der Waals surface area contributed by atoms with Gasteiger partial charge in [0.2, 0.25) is 0 Å². The molecule has 3 heterocycles. The number of amides is 3. The SMILES string of the molecule is CC(C)(C)OC(=O)N1CC[C@H](NC(=O)N2CCN(Cc3ccccn3)c3ccccc32)C1. The van der Waals surface area contributed by atoms with Crippen LogP contribution in [-0.2, 0) is 11.3 Å². The summed E-state index contributed by atoms with van der Waals surface area (Å²) in [6.07, 6.45) is 2.18. The van der Waals surface area contributed by atoms with Gasteiger partial charge in [-0.2, -0.15) is 0 Å². The zero-order valence-corrected chi connectivity index (χ0v) is 19.0. The molecule has 1 N–H and O–H groups in total. The molecule has 2 aliphatic heterocycles. The van der Waals surface area contributed by atoms with E-state index in [1.807, 2.05) is 63.2 Å². The van der Waals surface area contributed by atoms with Crippen molar-refractivity contribution < 1.29 is 14.3 Å². The van der Waals surface area contributed by atoms with Crippen molar-refractivity contribution in [2.45, 2.75) is 45.4 Å². The summed E-state index contributed by atoms with van der Waals surface area (Å²) in [6, 6.07) is 13.6. The Kier molecular flexibility index (Phi) is 6.21. The molecule has 0 saturated carbocycles. The lowest BCUT2D eigenvalue weighted by atomic mass is 10.1. The highest BCUT2D eigenvalue weighted by atomic mass is 16.6. The van der Waals surface area contributed by atoms with Crippen LogP contribution < -0.4 is 15.1 Å². The Balaban J connectivity index is 1.40. The van der Waals surface area contributed by atoms with Crippen molar-refractivity contribution >= 4 is 23.5 Å². The normalized spacial score (nSPS) is 18.3. The molecule has 170 valence electrons. The molecule has 0 bridgehead atoms. The molecule has 32 heavy (non-hydrogen) atoms. The standard InChI is InChI=1S/C24H31N5O3/c1-24(2,3)32-23(31)28-13-11-19(17-28)26-22(30)29-15-14-27(16-18-8-6-7-12-25-18)20-9-4-5-10-21(20)29/h4-10,12,19H,11,13-17H2,1-3H3,(H,26,30)/t19-/m0/s1. The molecule has 1 fully saturated rings. The van der Waals surface area contributed by atoms with Crippen LogP contribution in [0.5, 0.6) is 0 Å². The molecule has 0 aliphatic carbocycles. The first-order chi connectivity index (χ1) is 15.3. The molecule has 8 nitrogen and oxygen atoms in total. The number of benzene rings is 1. The molecule has 4 rings (SSSR count). The molecule has 1 aromatic carbocycles. The Morgan fingerprint density at radius 3 is 2.53 bits per heavy atom. The van der Waals surface area contributed by atoms with Crippen LogP contribution in [0, 0.1) is 0 Å². The molecule has 1 atom stereocenters. The largest absolute Gasteiger partial charge is 0.444 e. The summed E-state index contributed by atoms with van der Waals surface area (Å²) >= 11 is 0. The highest BCUT2D eigenvalue weighted by Crippen LogP contribution is 2.33. The first kappa shape index (κ1) is 21.9. The van der Waals surface area contributed by atoms with Crippen LogP contribution in [0.2, 0.25) is 0 Å². The third-order valence-corrected chi connectivity index (χ3v) is 5.60. The van der Waals surface area contributed by atoms with Gasteiger partial charge in [0.25, 0.3) is 0 Å². The maximum absolute atomic E-state index is 13.1. The maximum atomic E-state index is 13.1. The number of urea groups is 1. The number of anilines is 2. The number of fused-ring (bicyclic) bond motifs is 1. The second-order valence-corrected chi connectivity index (χ2v) is 9.24. The number of para-hydroxylation sites is 2. The number of hydrogen-bond acceptors (Lipinski definition) is 5. The zero-order chi connectivity index (χ0) is 22.7. The smallest absolute Gasteiger partial charge is 0.410 e. The zero-order valence-electron chi connectivity index (χ0n) is 19.0. The third-order valence-electron chi connectivity index (χ3n) is 5.60. The number of pyridine rings is 1. The summed E-state index contributed by atoms with van der Waals surface area (Å²) in [6.45, 7) is 8.59. The van der Waals surface area contributed by atoms with E-state index in [1.165, 1.54) is 0 Å². The summed E-state index contributed by atoms with van der Waals surface area (Å²) in [7, 11) is 0. The van der Waals surface area contributed by atoms with Gasteiger partial charge in [-0.1, -0.05) is 18.2 Å². The monoisotopic (exact) mass is 437 g/mol. The number of hydrogen-bond donors (Lipinski definition) is 1. The fourth-order valence-electron chi connectivity index (χ4n) is 4.11. The number of rotatable bonds is 3. The predicted octanol–water partition coefficient (Wildman–Crippen LogP) is 3.63. The topological polar surface area (TPSA) is 78.0 Å². The highest BCUT2D eigenvalue weighted by molar-refractivity contribution is 5.97. The minimum Gasteiger partial charge on any atom is -0.444 e. The van der Waals surface area contributed by atoms with Gasteiger partial charge in [-0.3, -0.25) is 9.88 Å². The minimum atomic E-state index is -0.531. The van der Waals surface area contributed by atoms with Gasteiger partial charge in [-0.05, 0) is 51.5 Å². The van der Waals surface area contributed by atoms with E-state index < -0.39 is 5.60 Å². The van der Waals surface area contributed by atoms with Gasteiger partial charge in [0.05, 0.1) is 29.7 Å². The number of carbonyl (C=O) groups excluding carboxylic acids is 2. The van der Waals surface area contributed by atoms with Gasteiger partial charge in [0.15, 0.2) is 0 Å². The van der Waals surface area contributed by atoms with E-state index in [0.29, 0.717) is 32.6 Å². The summed E-state index contributed by atoms with van der Waals surface area (Å²) in [5.41, 5.74) is 2.36. The third kappa shape index (κ3) is 5.12. The average Bonchev–Trinajstić information content (AvgIpc) is 3.22. The Bertz CT molecular complexity index is 960. The van der Waals surface area contributed by atoms with E-state index in [1.54, 1.807) is 16.0 Å². The van der Waals surface area contributed by atoms with Crippen LogP contribution in [0.3, 0.4) is 0 Å². The van der Waals surface area contributed by atoms with E-state index in [-0.39, 0.29) is 18.2 Å². The van der Waals surface area contributed by atoms with Crippen LogP contribution in [-0.4, -0.2) is 59.8 Å². The fraction of sp³-hybridized carbons (Fsp3) is 0.458. The quantitative estimate of drug-likeness (QED) is 0.794. The highest BCUT2D eigenvalue weighted by Gasteiger charge is 2.33. The van der Waals surface area contributed by atoms with Crippen molar-refractivity contribution in [3.8, 4) is 0 Å². The number of aromatic nitrogens is 1. The summed E-state index contributed by atoms with van der Waals surface area (Å²) in [4.78, 5) is 35.6. The summed E-state index contributed by atoms with van der Waals surface area (Å²) in [5.74, 6) is 0. The Morgan fingerprint density at radius 2 is 1.81 bits per heavy atom. The first-order valence-corrected chi connectivity index (χ1v) is 11.1. The van der Waals surface area contributed by atoms with E-state index in [9.17, 15) is 9.59 Å². The lowest BCUT2D eigenvalue weighted by Crippen LogP contribution is -2.51. The van der Waals surface area contributed by atoms with Crippen LogP contribution in [0.4, 0.5) is 21.0 Å². The molecule has 8 heteroatoms. The Hall–Kier alpha value is -3.29. The molecule has 1 saturated heterocycles. The fourth-order valence-corrected chi connectivity index (χ4v) is 4.11. The molecule has 1 aromatic heterocycles. The lowest BCUT2D eigenvalue weighted by Gasteiger charge is -2.38. The molecule has 0 unspecified atom stereocenters. The van der Waals surface area contributed by atoms with E-state index in [2.05, 4.69) is 15.2 Å². The molecule has 2 aliphatic rings. The van der Waals surface area contributed by atoms with E-state index in [4.69, 9.17) is 4.74 Å². The van der Waals surface area contributed by atoms with Crippen molar-refractivity contribution in [2.24, 2.45) is 0 Å². The maximum Gasteiger partial charge on any atom is 0.410 e. The number of ether oxygens (including phenoxy) is 1. The first-order valence-electron chi connectivity index (χ1n) is 11.1. The Labute approximate surface area is 189 Å². The number of nitrogens with zero attached hydrogens (tertiary/aromatic N) is 4. The molecule has 0 spiro atoms. The molecular weight excluding hydrogens is 406 g/mol. The van der Waals surface area contributed by atoms with E-state index >= 15 is 0 Å². The van der Waals surface area contributed by atoms with Gasteiger partial charge >= 0.3 is 12.1 Å². The van der Waals surface area contributed by atoms with Gasteiger partial charge in [-0.25, -0.2) is 9.59 Å². The molecule has 3 amide bonds. The van der Waals surface area contributed by atoms with Crippen molar-refractivity contribution in [2.75, 3.05) is 36.0 Å². The van der Waals surface area contributed by atoms with Gasteiger partial charge in [0.1, 0.15) is 5.60 Å². The van der Waals surface area contributed by atoms with Crippen LogP contribution in [0.25, 0.3) is 0 Å². The second-order valence-electron chi connectivity index (χ2n) is 9.24. The number of likely N-dealkylation sites (tertiary alicyclic amines) is 1. The number of nitrogens with one attached hydrogen (secondary N) is 1. The van der Waals surface area contributed by atoms with Crippen molar-refractivity contribution in [3.63, 3.8) is 0 Å². The predicted molar refractivity (Wildman–Crippen MR) is 124 cm³/mol. The van der Waals surface area contributed by atoms with Gasteiger partial charge < -0.3 is 19.9 Å². The minimum absolute atomic E-state index is 0.0891. The van der Waals surface area contributed by atoms with Crippen LogP contribution in [0.1, 0.15) is 32.9 Å². The number of carbonyl (C=O) groups is 2. The van der Waals surface area contributed by atoms with Crippen LogP contribution >= 0.6 is 0 Å². The summed E-state index contributed by atoms with van der Waals surface area (Å²) in [5, 5.41) is 3.11. The summed E-state index contributed by atoms with van der Waals surface area (Å²) < 4.78 is 5.45. The van der Waals surface area contributed by atoms with Gasteiger partial charge in [0, 0.05) is 32.4 Å². The molecular formula is C24H31N5O3. The Morgan fingerprint density at radius 1 is 1.06 bits per heavy atom. The average molecular weight is 438 g/mol. The van der Waals surface area contributed by atoms with Crippen LogP contribution in [0.15, 0.2) is 48.7 Å². The second kappa shape index (κ2) is 9.06.